The summed E-state index contributed by atoms with van der Waals surface area (Å²) in [5.74, 6) is 0.907. The minimum absolute atomic E-state index is 0.293. The molecule has 1 saturated heterocycles. The van der Waals surface area contributed by atoms with Gasteiger partial charge in [-0.1, -0.05) is 13.8 Å². The number of hydrogen-bond donors (Lipinski definition) is 2. The third kappa shape index (κ3) is 3.16. The molecule has 0 amide bonds. The van der Waals surface area contributed by atoms with Crippen LogP contribution in [-0.2, 0) is 0 Å². The molecule has 0 saturated carbocycles. The van der Waals surface area contributed by atoms with E-state index in [0.29, 0.717) is 17.9 Å². The van der Waals surface area contributed by atoms with Crippen molar-refractivity contribution in [2.45, 2.75) is 45.8 Å². The lowest BCUT2D eigenvalue weighted by atomic mass is 9.92. The molecular formula is C12H26N2O. The van der Waals surface area contributed by atoms with Crippen LogP contribution in [0.2, 0.25) is 0 Å². The molecule has 0 aromatic carbocycles. The lowest BCUT2D eigenvalue weighted by Crippen LogP contribution is -2.45. The zero-order valence-electron chi connectivity index (χ0n) is 10.5. The number of aliphatic hydroxyl groups is 1. The molecule has 0 aromatic heterocycles. The van der Waals surface area contributed by atoms with Crippen molar-refractivity contribution in [2.24, 2.45) is 17.6 Å². The average molecular weight is 214 g/mol. The van der Waals surface area contributed by atoms with Gasteiger partial charge in [-0.15, -0.1) is 0 Å². The van der Waals surface area contributed by atoms with Gasteiger partial charge in [0.15, 0.2) is 0 Å². The molecule has 1 heterocycles. The molecular weight excluding hydrogens is 188 g/mol. The monoisotopic (exact) mass is 214 g/mol. The van der Waals surface area contributed by atoms with Gasteiger partial charge in [0, 0.05) is 19.1 Å². The van der Waals surface area contributed by atoms with Crippen molar-refractivity contribution in [2.75, 3.05) is 19.6 Å². The van der Waals surface area contributed by atoms with Gasteiger partial charge >= 0.3 is 0 Å². The van der Waals surface area contributed by atoms with Crippen LogP contribution in [0, 0.1) is 11.8 Å². The second-order valence-corrected chi connectivity index (χ2v) is 5.63. The van der Waals surface area contributed by atoms with Crippen LogP contribution in [0.1, 0.15) is 34.1 Å². The maximum Gasteiger partial charge on any atom is 0.0768 e. The van der Waals surface area contributed by atoms with Crippen LogP contribution in [0.25, 0.3) is 0 Å². The smallest absolute Gasteiger partial charge is 0.0768 e. The minimum atomic E-state index is -0.586. The van der Waals surface area contributed by atoms with E-state index in [9.17, 15) is 5.11 Å². The highest BCUT2D eigenvalue weighted by Gasteiger charge is 2.34. The van der Waals surface area contributed by atoms with Crippen LogP contribution in [0.15, 0.2) is 0 Å². The number of β-amino-alcohol motifs (C(OH)–C–C–N with tert-alkyl or cyclic N) is 1. The Kier molecular flexibility index (Phi) is 4.15. The Hall–Kier alpha value is -0.120. The molecule has 1 aliphatic heterocycles. The second-order valence-electron chi connectivity index (χ2n) is 5.63. The Balaban J connectivity index is 2.52. The predicted octanol–water partition coefficient (Wildman–Crippen LogP) is 1.06. The molecule has 15 heavy (non-hydrogen) atoms. The van der Waals surface area contributed by atoms with E-state index in [1.807, 2.05) is 6.92 Å². The molecule has 0 radical (unpaired) electrons. The SMILES string of the molecule is CC1CC(CN)CN1CC(C)(O)C(C)C. The maximum absolute atomic E-state index is 10.3. The Morgan fingerprint density at radius 2 is 2.13 bits per heavy atom. The molecule has 0 bridgehead atoms. The van der Waals surface area contributed by atoms with E-state index < -0.39 is 5.60 Å². The number of rotatable bonds is 4. The molecule has 3 atom stereocenters. The van der Waals surface area contributed by atoms with Gasteiger partial charge in [0.25, 0.3) is 0 Å². The molecule has 90 valence electrons. The summed E-state index contributed by atoms with van der Waals surface area (Å²) in [5.41, 5.74) is 5.11. The highest BCUT2D eigenvalue weighted by molar-refractivity contribution is 4.89. The summed E-state index contributed by atoms with van der Waals surface area (Å²) < 4.78 is 0. The van der Waals surface area contributed by atoms with Crippen molar-refractivity contribution in [3.05, 3.63) is 0 Å². The quantitative estimate of drug-likeness (QED) is 0.736. The van der Waals surface area contributed by atoms with Crippen molar-refractivity contribution < 1.29 is 5.11 Å². The molecule has 0 aromatic rings. The first-order valence-electron chi connectivity index (χ1n) is 6.03. The zero-order valence-corrected chi connectivity index (χ0v) is 10.5. The van der Waals surface area contributed by atoms with E-state index in [1.54, 1.807) is 0 Å². The van der Waals surface area contributed by atoms with E-state index in [0.717, 1.165) is 19.6 Å². The number of nitrogens with two attached hydrogens (primary N) is 1. The largest absolute Gasteiger partial charge is 0.389 e. The summed E-state index contributed by atoms with van der Waals surface area (Å²) in [6.07, 6.45) is 1.17. The Bertz CT molecular complexity index is 204. The molecule has 3 unspecified atom stereocenters. The molecule has 1 fully saturated rings. The number of likely N-dealkylation sites (tertiary alicyclic amines) is 1. The first-order chi connectivity index (χ1) is 6.86. The zero-order chi connectivity index (χ0) is 11.6. The van der Waals surface area contributed by atoms with Crippen molar-refractivity contribution >= 4 is 0 Å². The third-order valence-corrected chi connectivity index (χ3v) is 3.89. The van der Waals surface area contributed by atoms with Gasteiger partial charge in [0.05, 0.1) is 5.60 Å². The molecule has 3 heteroatoms. The summed E-state index contributed by atoms with van der Waals surface area (Å²) in [4.78, 5) is 2.37. The number of nitrogens with zero attached hydrogens (tertiary/aromatic N) is 1. The highest BCUT2D eigenvalue weighted by Crippen LogP contribution is 2.26. The fourth-order valence-electron chi connectivity index (χ4n) is 2.20. The topological polar surface area (TPSA) is 49.5 Å². The molecule has 0 spiro atoms. The standard InChI is InChI=1S/C12H26N2O/c1-9(2)12(4,15)8-14-7-11(6-13)5-10(14)3/h9-11,15H,5-8,13H2,1-4H3. The van der Waals surface area contributed by atoms with E-state index in [4.69, 9.17) is 5.73 Å². The second kappa shape index (κ2) is 4.81. The fourth-order valence-corrected chi connectivity index (χ4v) is 2.20. The van der Waals surface area contributed by atoms with Crippen LogP contribution < -0.4 is 5.73 Å². The van der Waals surface area contributed by atoms with Crippen molar-refractivity contribution in [1.29, 1.82) is 0 Å². The first kappa shape index (κ1) is 12.9. The van der Waals surface area contributed by atoms with Gasteiger partial charge in [0.2, 0.25) is 0 Å². The van der Waals surface area contributed by atoms with E-state index in [1.165, 1.54) is 6.42 Å². The molecule has 1 aliphatic rings. The molecule has 0 aliphatic carbocycles. The molecule has 3 N–H and O–H groups in total. The summed E-state index contributed by atoms with van der Waals surface area (Å²) in [7, 11) is 0. The normalized spacial score (nSPS) is 32.2. The van der Waals surface area contributed by atoms with E-state index >= 15 is 0 Å². The summed E-state index contributed by atoms with van der Waals surface area (Å²) in [5, 5.41) is 10.3. The molecule has 3 nitrogen and oxygen atoms in total. The first-order valence-corrected chi connectivity index (χ1v) is 6.03. The van der Waals surface area contributed by atoms with Gasteiger partial charge in [0.1, 0.15) is 0 Å². The van der Waals surface area contributed by atoms with Crippen molar-refractivity contribution in [3.8, 4) is 0 Å². The van der Waals surface area contributed by atoms with Gasteiger partial charge < -0.3 is 10.8 Å². The third-order valence-electron chi connectivity index (χ3n) is 3.89. The van der Waals surface area contributed by atoms with Crippen LogP contribution in [-0.4, -0.2) is 41.3 Å². The fraction of sp³-hybridized carbons (Fsp3) is 1.00. The number of hydrogen-bond acceptors (Lipinski definition) is 3. The lowest BCUT2D eigenvalue weighted by Gasteiger charge is -2.34. The summed E-state index contributed by atoms with van der Waals surface area (Å²) >= 11 is 0. The van der Waals surface area contributed by atoms with E-state index in [2.05, 4.69) is 25.7 Å². The molecule has 1 rings (SSSR count). The van der Waals surface area contributed by atoms with Crippen LogP contribution in [0.5, 0.6) is 0 Å². The highest BCUT2D eigenvalue weighted by atomic mass is 16.3. The Labute approximate surface area is 93.6 Å². The van der Waals surface area contributed by atoms with Crippen molar-refractivity contribution in [1.82, 2.24) is 4.90 Å². The maximum atomic E-state index is 10.3. The van der Waals surface area contributed by atoms with Crippen LogP contribution in [0.3, 0.4) is 0 Å². The predicted molar refractivity (Wildman–Crippen MR) is 63.7 cm³/mol. The summed E-state index contributed by atoms with van der Waals surface area (Å²) in [6.45, 7) is 10.9. The van der Waals surface area contributed by atoms with E-state index in [-0.39, 0.29) is 0 Å². The Morgan fingerprint density at radius 3 is 2.53 bits per heavy atom. The Morgan fingerprint density at radius 1 is 1.53 bits per heavy atom. The summed E-state index contributed by atoms with van der Waals surface area (Å²) in [6, 6.07) is 0.559. The minimum Gasteiger partial charge on any atom is -0.389 e. The van der Waals surface area contributed by atoms with Crippen molar-refractivity contribution in [3.63, 3.8) is 0 Å². The average Bonchev–Trinajstić information content (AvgIpc) is 2.46. The van der Waals surface area contributed by atoms with Gasteiger partial charge in [-0.3, -0.25) is 4.90 Å². The van der Waals surface area contributed by atoms with Crippen LogP contribution in [0.4, 0.5) is 0 Å². The van der Waals surface area contributed by atoms with Gasteiger partial charge in [-0.25, -0.2) is 0 Å². The van der Waals surface area contributed by atoms with Gasteiger partial charge in [-0.2, -0.15) is 0 Å². The van der Waals surface area contributed by atoms with Crippen LogP contribution >= 0.6 is 0 Å². The lowest BCUT2D eigenvalue weighted by molar-refractivity contribution is -0.0209. The van der Waals surface area contributed by atoms with Gasteiger partial charge in [-0.05, 0) is 38.6 Å².